The highest BCUT2D eigenvalue weighted by Crippen LogP contribution is 2.33. The van der Waals surface area contributed by atoms with Crippen molar-refractivity contribution in [3.8, 4) is 0 Å². The molecule has 0 aliphatic rings. The van der Waals surface area contributed by atoms with Crippen LogP contribution in [0.2, 0.25) is 0 Å². The maximum Gasteiger partial charge on any atom is 0.416 e. The molecule has 1 aromatic rings. The lowest BCUT2D eigenvalue weighted by molar-refractivity contribution is -0.211. The van der Waals surface area contributed by atoms with Gasteiger partial charge >= 0.3 is 6.18 Å². The molecule has 0 saturated carbocycles. The summed E-state index contributed by atoms with van der Waals surface area (Å²) in [6.07, 6.45) is -4.34. The summed E-state index contributed by atoms with van der Waals surface area (Å²) in [4.78, 5) is 0. The number of hydrogen-bond donors (Lipinski definition) is 0. The first-order chi connectivity index (χ1) is 8.39. The molecule has 0 amide bonds. The predicted molar refractivity (Wildman–Crippen MR) is 65.6 cm³/mol. The van der Waals surface area contributed by atoms with Gasteiger partial charge in [-0.15, -0.1) is 0 Å². The van der Waals surface area contributed by atoms with E-state index in [1.165, 1.54) is 19.2 Å². The van der Waals surface area contributed by atoms with Crippen LogP contribution in [0.25, 0.3) is 0 Å². The summed E-state index contributed by atoms with van der Waals surface area (Å²) in [5.41, 5.74) is -0.154. The van der Waals surface area contributed by atoms with Crippen molar-refractivity contribution in [2.45, 2.75) is 18.9 Å². The van der Waals surface area contributed by atoms with Gasteiger partial charge < -0.3 is 9.47 Å². The molecule has 102 valence electrons. The van der Waals surface area contributed by atoms with E-state index in [9.17, 15) is 13.2 Å². The van der Waals surface area contributed by atoms with Crippen LogP contribution in [0.4, 0.5) is 13.2 Å². The standard InChI is InChI=1S/C12H14BrF3O2/c1-3-18-11(8-13,17-2)9-4-6-10(7-5-9)12(14,15)16/h4-7H,3,8H2,1-2H3. The van der Waals surface area contributed by atoms with E-state index in [-0.39, 0.29) is 0 Å². The van der Waals surface area contributed by atoms with Crippen LogP contribution in [0.1, 0.15) is 18.1 Å². The maximum atomic E-state index is 12.5. The molecular weight excluding hydrogens is 313 g/mol. The molecule has 6 heteroatoms. The van der Waals surface area contributed by atoms with E-state index in [0.29, 0.717) is 17.5 Å². The molecule has 0 spiro atoms. The molecule has 18 heavy (non-hydrogen) atoms. The number of alkyl halides is 4. The summed E-state index contributed by atoms with van der Waals surface area (Å²) < 4.78 is 48.1. The Balaban J connectivity index is 3.08. The van der Waals surface area contributed by atoms with Crippen LogP contribution in [-0.2, 0) is 21.4 Å². The first-order valence-electron chi connectivity index (χ1n) is 5.32. The monoisotopic (exact) mass is 326 g/mol. The molecule has 0 radical (unpaired) electrons. The Hall–Kier alpha value is -0.590. The van der Waals surface area contributed by atoms with Gasteiger partial charge in [0.1, 0.15) is 0 Å². The molecule has 0 aliphatic heterocycles. The zero-order valence-corrected chi connectivity index (χ0v) is 11.6. The van der Waals surface area contributed by atoms with E-state index in [2.05, 4.69) is 15.9 Å². The Morgan fingerprint density at radius 2 is 1.61 bits per heavy atom. The molecule has 0 N–H and O–H groups in total. The smallest absolute Gasteiger partial charge is 0.349 e. The summed E-state index contributed by atoms with van der Waals surface area (Å²) in [7, 11) is 1.45. The zero-order valence-electron chi connectivity index (χ0n) is 10.1. The second kappa shape index (κ2) is 6.04. The molecule has 1 aromatic carbocycles. The molecule has 0 bridgehead atoms. The fourth-order valence-corrected chi connectivity index (χ4v) is 2.29. The zero-order chi connectivity index (χ0) is 13.8. The van der Waals surface area contributed by atoms with Crippen molar-refractivity contribution in [2.75, 3.05) is 19.0 Å². The highest BCUT2D eigenvalue weighted by atomic mass is 79.9. The van der Waals surface area contributed by atoms with Crippen molar-refractivity contribution < 1.29 is 22.6 Å². The van der Waals surface area contributed by atoms with Crippen molar-refractivity contribution in [3.05, 3.63) is 35.4 Å². The summed E-state index contributed by atoms with van der Waals surface area (Å²) in [6.45, 7) is 2.18. The van der Waals surface area contributed by atoms with Gasteiger partial charge in [-0.1, -0.05) is 28.1 Å². The number of rotatable bonds is 5. The van der Waals surface area contributed by atoms with Gasteiger partial charge in [-0.3, -0.25) is 0 Å². The van der Waals surface area contributed by atoms with Crippen molar-refractivity contribution in [1.29, 1.82) is 0 Å². The van der Waals surface area contributed by atoms with E-state index in [1.807, 2.05) is 0 Å². The molecule has 1 unspecified atom stereocenters. The molecule has 0 saturated heterocycles. The number of methoxy groups -OCH3 is 1. The van der Waals surface area contributed by atoms with Crippen LogP contribution >= 0.6 is 15.9 Å². The van der Waals surface area contributed by atoms with Crippen molar-refractivity contribution in [2.24, 2.45) is 0 Å². The average Bonchev–Trinajstić information content (AvgIpc) is 2.35. The van der Waals surface area contributed by atoms with E-state index in [1.54, 1.807) is 6.92 Å². The Bertz CT molecular complexity index is 372. The van der Waals surface area contributed by atoms with Gasteiger partial charge in [0.05, 0.1) is 10.9 Å². The molecular formula is C12H14BrF3O2. The van der Waals surface area contributed by atoms with Gasteiger partial charge in [0.2, 0.25) is 5.79 Å². The van der Waals surface area contributed by atoms with Crippen LogP contribution in [0, 0.1) is 0 Å². The largest absolute Gasteiger partial charge is 0.416 e. The van der Waals surface area contributed by atoms with Gasteiger partial charge in [0, 0.05) is 19.3 Å². The van der Waals surface area contributed by atoms with Crippen LogP contribution in [0.3, 0.4) is 0 Å². The minimum absolute atomic E-state index is 0.329. The third-order valence-corrected chi connectivity index (χ3v) is 3.27. The van der Waals surface area contributed by atoms with E-state index in [0.717, 1.165) is 12.1 Å². The van der Waals surface area contributed by atoms with Crippen molar-refractivity contribution >= 4 is 15.9 Å². The Labute approximate surface area is 112 Å². The molecule has 1 atom stereocenters. The topological polar surface area (TPSA) is 18.5 Å². The van der Waals surface area contributed by atoms with Gasteiger partial charge in [0.25, 0.3) is 0 Å². The summed E-state index contributed by atoms with van der Waals surface area (Å²) in [5.74, 6) is -1.06. The van der Waals surface area contributed by atoms with Crippen molar-refractivity contribution in [3.63, 3.8) is 0 Å². The lowest BCUT2D eigenvalue weighted by Crippen LogP contribution is -2.34. The highest BCUT2D eigenvalue weighted by molar-refractivity contribution is 9.09. The maximum absolute atomic E-state index is 12.5. The normalized spacial score (nSPS) is 15.4. The summed E-state index contributed by atoms with van der Waals surface area (Å²) >= 11 is 3.26. The first-order valence-corrected chi connectivity index (χ1v) is 6.44. The van der Waals surface area contributed by atoms with E-state index >= 15 is 0 Å². The fraction of sp³-hybridized carbons (Fsp3) is 0.500. The van der Waals surface area contributed by atoms with Crippen LogP contribution in [0.15, 0.2) is 24.3 Å². The third kappa shape index (κ3) is 3.24. The van der Waals surface area contributed by atoms with Gasteiger partial charge in [-0.05, 0) is 19.1 Å². The number of halogens is 4. The second-order valence-electron chi connectivity index (χ2n) is 3.60. The van der Waals surface area contributed by atoms with Crippen LogP contribution in [-0.4, -0.2) is 19.0 Å². The number of benzene rings is 1. The minimum atomic E-state index is -4.34. The average molecular weight is 327 g/mol. The lowest BCUT2D eigenvalue weighted by atomic mass is 10.0. The molecule has 0 fully saturated rings. The van der Waals surface area contributed by atoms with E-state index in [4.69, 9.17) is 9.47 Å². The fourth-order valence-electron chi connectivity index (χ4n) is 1.58. The number of ether oxygens (including phenoxy) is 2. The third-order valence-electron chi connectivity index (χ3n) is 2.54. The van der Waals surface area contributed by atoms with Gasteiger partial charge in [0.15, 0.2) is 0 Å². The molecule has 1 rings (SSSR count). The molecule has 0 heterocycles. The quantitative estimate of drug-likeness (QED) is 0.602. The molecule has 2 nitrogen and oxygen atoms in total. The predicted octanol–water partition coefficient (Wildman–Crippen LogP) is 3.94. The van der Waals surface area contributed by atoms with Crippen LogP contribution < -0.4 is 0 Å². The Kier molecular flexibility index (Phi) is 5.19. The minimum Gasteiger partial charge on any atom is -0.349 e. The Morgan fingerprint density at radius 3 is 1.94 bits per heavy atom. The highest BCUT2D eigenvalue weighted by Gasteiger charge is 2.34. The van der Waals surface area contributed by atoms with Crippen molar-refractivity contribution in [1.82, 2.24) is 0 Å². The summed E-state index contributed by atoms with van der Waals surface area (Å²) in [5, 5.41) is 0.329. The van der Waals surface area contributed by atoms with Crippen LogP contribution in [0.5, 0.6) is 0 Å². The Morgan fingerprint density at radius 1 is 1.11 bits per heavy atom. The molecule has 0 aromatic heterocycles. The number of hydrogen-bond acceptors (Lipinski definition) is 2. The summed E-state index contributed by atoms with van der Waals surface area (Å²) in [6, 6.07) is 4.77. The first kappa shape index (κ1) is 15.5. The van der Waals surface area contributed by atoms with Gasteiger partial charge in [-0.2, -0.15) is 13.2 Å². The second-order valence-corrected chi connectivity index (χ2v) is 4.16. The lowest BCUT2D eigenvalue weighted by Gasteiger charge is -2.30. The SMILES string of the molecule is CCOC(CBr)(OC)c1ccc(C(F)(F)F)cc1. The van der Waals surface area contributed by atoms with E-state index < -0.39 is 17.5 Å². The van der Waals surface area contributed by atoms with Gasteiger partial charge in [-0.25, -0.2) is 0 Å². The molecule has 0 aliphatic carbocycles.